The number of anilines is 1. The van der Waals surface area contributed by atoms with Crippen LogP contribution in [0.3, 0.4) is 0 Å². The summed E-state index contributed by atoms with van der Waals surface area (Å²) in [7, 11) is 0. The van der Waals surface area contributed by atoms with Crippen LogP contribution in [0.4, 0.5) is 5.69 Å². The third-order valence-electron chi connectivity index (χ3n) is 4.05. The van der Waals surface area contributed by atoms with Crippen molar-refractivity contribution >= 4 is 29.0 Å². The number of halogens is 1. The predicted octanol–water partition coefficient (Wildman–Crippen LogP) is 5.41. The van der Waals surface area contributed by atoms with E-state index in [1.165, 1.54) is 0 Å². The molecule has 4 heteroatoms. The van der Waals surface area contributed by atoms with E-state index in [1.54, 1.807) is 42.5 Å². The van der Waals surface area contributed by atoms with Crippen LogP contribution in [0.5, 0.6) is 0 Å². The monoisotopic (exact) mass is 363 g/mol. The number of carbonyl (C=O) groups is 2. The van der Waals surface area contributed by atoms with Crippen molar-refractivity contribution in [1.29, 1.82) is 0 Å². The maximum atomic E-state index is 12.7. The van der Waals surface area contributed by atoms with Gasteiger partial charge in [-0.25, -0.2) is 0 Å². The summed E-state index contributed by atoms with van der Waals surface area (Å²) in [4.78, 5) is 25.1. The van der Waals surface area contributed by atoms with Gasteiger partial charge in [0.1, 0.15) is 0 Å². The highest BCUT2D eigenvalue weighted by molar-refractivity contribution is 6.31. The summed E-state index contributed by atoms with van der Waals surface area (Å²) in [6, 6.07) is 23.6. The van der Waals surface area contributed by atoms with Crippen molar-refractivity contribution in [1.82, 2.24) is 0 Å². The van der Waals surface area contributed by atoms with Gasteiger partial charge >= 0.3 is 0 Å². The van der Waals surface area contributed by atoms with Gasteiger partial charge in [0.15, 0.2) is 5.78 Å². The molecule has 0 unspecified atom stereocenters. The van der Waals surface area contributed by atoms with E-state index in [-0.39, 0.29) is 11.7 Å². The van der Waals surface area contributed by atoms with Gasteiger partial charge in [0, 0.05) is 22.6 Å². The third kappa shape index (κ3) is 4.58. The highest BCUT2D eigenvalue weighted by Gasteiger charge is 2.15. The topological polar surface area (TPSA) is 46.2 Å². The SMILES string of the molecule is O=C(Nc1cc(Cl)ccc1C(=O)CCc1ccccc1)c1ccccc1. The first-order chi connectivity index (χ1) is 12.6. The van der Waals surface area contributed by atoms with Crippen LogP contribution in [0.1, 0.15) is 32.7 Å². The molecule has 0 aliphatic rings. The van der Waals surface area contributed by atoms with Crippen LogP contribution < -0.4 is 5.32 Å². The number of benzene rings is 3. The molecule has 0 heterocycles. The second-order valence-electron chi connectivity index (χ2n) is 5.92. The quantitative estimate of drug-likeness (QED) is 0.595. The molecule has 3 aromatic rings. The van der Waals surface area contributed by atoms with Gasteiger partial charge in [0.2, 0.25) is 0 Å². The van der Waals surface area contributed by atoms with Gasteiger partial charge in [-0.15, -0.1) is 0 Å². The molecule has 26 heavy (non-hydrogen) atoms. The summed E-state index contributed by atoms with van der Waals surface area (Å²) < 4.78 is 0. The molecule has 3 rings (SSSR count). The number of carbonyl (C=O) groups excluding carboxylic acids is 2. The van der Waals surface area contributed by atoms with Gasteiger partial charge in [-0.05, 0) is 42.3 Å². The predicted molar refractivity (Wildman–Crippen MR) is 105 cm³/mol. The van der Waals surface area contributed by atoms with E-state index in [0.29, 0.717) is 34.7 Å². The van der Waals surface area contributed by atoms with Crippen molar-refractivity contribution in [2.24, 2.45) is 0 Å². The number of rotatable bonds is 6. The summed E-state index contributed by atoms with van der Waals surface area (Å²) in [6.07, 6.45) is 1.01. The van der Waals surface area contributed by atoms with E-state index in [4.69, 9.17) is 11.6 Å². The molecule has 0 fully saturated rings. The van der Waals surface area contributed by atoms with Crippen LogP contribution in [0.2, 0.25) is 5.02 Å². The van der Waals surface area contributed by atoms with Crippen molar-refractivity contribution in [3.63, 3.8) is 0 Å². The Kier molecular flexibility index (Phi) is 5.82. The van der Waals surface area contributed by atoms with Gasteiger partial charge in [-0.3, -0.25) is 9.59 Å². The smallest absolute Gasteiger partial charge is 0.255 e. The molecule has 1 amide bonds. The zero-order chi connectivity index (χ0) is 18.4. The fraction of sp³-hybridized carbons (Fsp3) is 0.0909. The summed E-state index contributed by atoms with van der Waals surface area (Å²) in [5, 5.41) is 3.27. The van der Waals surface area contributed by atoms with Crippen molar-refractivity contribution in [2.75, 3.05) is 5.32 Å². The first-order valence-electron chi connectivity index (χ1n) is 8.36. The molecule has 0 spiro atoms. The molecular formula is C22H18ClNO2. The molecule has 1 N–H and O–H groups in total. The Morgan fingerprint density at radius 2 is 1.50 bits per heavy atom. The molecule has 3 nitrogen and oxygen atoms in total. The van der Waals surface area contributed by atoms with E-state index in [1.807, 2.05) is 36.4 Å². The van der Waals surface area contributed by atoms with E-state index >= 15 is 0 Å². The van der Waals surface area contributed by atoms with Crippen molar-refractivity contribution in [2.45, 2.75) is 12.8 Å². The summed E-state index contributed by atoms with van der Waals surface area (Å²) >= 11 is 6.06. The average Bonchev–Trinajstić information content (AvgIpc) is 2.68. The van der Waals surface area contributed by atoms with E-state index in [2.05, 4.69) is 5.32 Å². The highest BCUT2D eigenvalue weighted by Crippen LogP contribution is 2.24. The Balaban J connectivity index is 1.77. The Morgan fingerprint density at radius 1 is 0.846 bits per heavy atom. The minimum absolute atomic E-state index is 0.0334. The molecule has 3 aromatic carbocycles. The van der Waals surface area contributed by atoms with Crippen LogP contribution in [-0.4, -0.2) is 11.7 Å². The van der Waals surface area contributed by atoms with E-state index < -0.39 is 0 Å². The van der Waals surface area contributed by atoms with Gasteiger partial charge in [0.05, 0.1) is 5.69 Å². The third-order valence-corrected chi connectivity index (χ3v) is 4.28. The number of hydrogen-bond acceptors (Lipinski definition) is 2. The fourth-order valence-corrected chi connectivity index (χ4v) is 2.86. The first-order valence-corrected chi connectivity index (χ1v) is 8.74. The van der Waals surface area contributed by atoms with Gasteiger partial charge in [0.25, 0.3) is 5.91 Å². The number of Topliss-reactive ketones (excluding diaryl/α,β-unsaturated/α-hetero) is 1. The molecule has 0 bridgehead atoms. The number of ketones is 1. The van der Waals surface area contributed by atoms with Crippen LogP contribution in [-0.2, 0) is 6.42 Å². The minimum Gasteiger partial charge on any atom is -0.321 e. The molecule has 0 radical (unpaired) electrons. The average molecular weight is 364 g/mol. The Morgan fingerprint density at radius 3 is 2.19 bits per heavy atom. The molecule has 130 valence electrons. The van der Waals surface area contributed by atoms with Crippen LogP contribution in [0.15, 0.2) is 78.9 Å². The van der Waals surface area contributed by atoms with Crippen molar-refractivity contribution in [3.8, 4) is 0 Å². The zero-order valence-electron chi connectivity index (χ0n) is 14.1. The fourth-order valence-electron chi connectivity index (χ4n) is 2.68. The second kappa shape index (κ2) is 8.45. The van der Waals surface area contributed by atoms with Gasteiger partial charge in [-0.1, -0.05) is 60.1 Å². The lowest BCUT2D eigenvalue weighted by Crippen LogP contribution is -2.15. The molecule has 0 atom stereocenters. The number of hydrogen-bond donors (Lipinski definition) is 1. The van der Waals surface area contributed by atoms with E-state index in [9.17, 15) is 9.59 Å². The normalized spacial score (nSPS) is 10.3. The lowest BCUT2D eigenvalue weighted by molar-refractivity contribution is 0.0983. The van der Waals surface area contributed by atoms with Crippen molar-refractivity contribution in [3.05, 3.63) is 101 Å². The molecular weight excluding hydrogens is 346 g/mol. The molecule has 0 saturated heterocycles. The Labute approximate surface area is 157 Å². The highest BCUT2D eigenvalue weighted by atomic mass is 35.5. The van der Waals surface area contributed by atoms with Crippen LogP contribution in [0, 0.1) is 0 Å². The molecule has 0 aliphatic heterocycles. The lowest BCUT2D eigenvalue weighted by atomic mass is 10.0. The van der Waals surface area contributed by atoms with Gasteiger partial charge < -0.3 is 5.32 Å². The summed E-state index contributed by atoms with van der Waals surface area (Å²) in [6.45, 7) is 0. The standard InChI is InChI=1S/C22H18ClNO2/c23-18-12-13-19(21(25)14-11-16-7-3-1-4-8-16)20(15-18)24-22(26)17-9-5-2-6-10-17/h1-10,12-13,15H,11,14H2,(H,24,26). The van der Waals surface area contributed by atoms with Crippen LogP contribution >= 0.6 is 11.6 Å². The molecule has 0 saturated carbocycles. The summed E-state index contributed by atoms with van der Waals surface area (Å²) in [5.74, 6) is -0.307. The zero-order valence-corrected chi connectivity index (χ0v) is 14.9. The van der Waals surface area contributed by atoms with Crippen molar-refractivity contribution < 1.29 is 9.59 Å². The Bertz CT molecular complexity index is 908. The minimum atomic E-state index is -0.273. The lowest BCUT2D eigenvalue weighted by Gasteiger charge is -2.11. The molecule has 0 aliphatic carbocycles. The summed E-state index contributed by atoms with van der Waals surface area (Å²) in [5.41, 5.74) is 2.53. The molecule has 0 aromatic heterocycles. The van der Waals surface area contributed by atoms with Gasteiger partial charge in [-0.2, -0.15) is 0 Å². The number of amides is 1. The maximum Gasteiger partial charge on any atom is 0.255 e. The number of aryl methyl sites for hydroxylation is 1. The van der Waals surface area contributed by atoms with Crippen LogP contribution in [0.25, 0.3) is 0 Å². The first kappa shape index (κ1) is 17.9. The maximum absolute atomic E-state index is 12.7. The largest absolute Gasteiger partial charge is 0.321 e. The number of nitrogens with one attached hydrogen (secondary N) is 1. The Hall–Kier alpha value is -2.91. The van der Waals surface area contributed by atoms with E-state index in [0.717, 1.165) is 5.56 Å². The second-order valence-corrected chi connectivity index (χ2v) is 6.36.